The topological polar surface area (TPSA) is 117 Å². The van der Waals surface area contributed by atoms with Crippen LogP contribution in [0.15, 0.2) is 51.7 Å². The Balaban J connectivity index is 1.62. The number of benzene rings is 2. The number of carbonyl (C=O) groups excluding carboxylic acids is 1. The first-order valence-corrected chi connectivity index (χ1v) is 9.13. The van der Waals surface area contributed by atoms with Crippen LogP contribution < -0.4 is 5.63 Å². The first-order valence-electron chi connectivity index (χ1n) is 9.13. The van der Waals surface area contributed by atoms with Crippen molar-refractivity contribution in [3.05, 3.63) is 80.0 Å². The van der Waals surface area contributed by atoms with Gasteiger partial charge in [-0.2, -0.15) is 5.10 Å². The van der Waals surface area contributed by atoms with E-state index in [1.807, 2.05) is 30.3 Å². The highest BCUT2D eigenvalue weighted by atomic mass is 16.6. The Labute approximate surface area is 169 Å². The maximum absolute atomic E-state index is 12.4. The van der Waals surface area contributed by atoms with Gasteiger partial charge in [0.2, 0.25) is 0 Å². The van der Waals surface area contributed by atoms with E-state index in [2.05, 4.69) is 5.10 Å². The standard InChI is InChI=1S/C21H17N3O6/c1-12-21(24(27)28)13(2)23(22-12)10-19(26)29-11-15-9-18(25)30-17-8-7-14-5-3-4-6-16(14)20(15)17/h3-9H,10-11H2,1-2H3. The zero-order valence-electron chi connectivity index (χ0n) is 16.2. The number of aryl methyl sites for hydroxylation is 1. The molecule has 30 heavy (non-hydrogen) atoms. The Morgan fingerprint density at radius 1 is 1.23 bits per heavy atom. The number of carbonyl (C=O) groups is 1. The van der Waals surface area contributed by atoms with E-state index in [1.165, 1.54) is 24.6 Å². The van der Waals surface area contributed by atoms with Gasteiger partial charge >= 0.3 is 17.3 Å². The Hall–Kier alpha value is -4.01. The van der Waals surface area contributed by atoms with E-state index in [0.29, 0.717) is 16.5 Å². The summed E-state index contributed by atoms with van der Waals surface area (Å²) in [6.07, 6.45) is 0. The van der Waals surface area contributed by atoms with Crippen molar-refractivity contribution in [1.29, 1.82) is 0 Å². The SMILES string of the molecule is Cc1nn(CC(=O)OCc2cc(=O)oc3ccc4ccccc4c23)c(C)c1[N+](=O)[O-]. The predicted molar refractivity (Wildman–Crippen MR) is 108 cm³/mol. The van der Waals surface area contributed by atoms with Gasteiger partial charge in [0, 0.05) is 17.0 Å². The molecule has 9 heteroatoms. The van der Waals surface area contributed by atoms with Gasteiger partial charge in [-0.1, -0.05) is 30.3 Å². The van der Waals surface area contributed by atoms with Crippen LogP contribution in [0.25, 0.3) is 21.7 Å². The van der Waals surface area contributed by atoms with Crippen LogP contribution in [0.5, 0.6) is 0 Å². The van der Waals surface area contributed by atoms with E-state index in [-0.39, 0.29) is 30.2 Å². The summed E-state index contributed by atoms with van der Waals surface area (Å²) in [4.78, 5) is 34.9. The van der Waals surface area contributed by atoms with Crippen LogP contribution in [-0.4, -0.2) is 20.7 Å². The lowest BCUT2D eigenvalue weighted by molar-refractivity contribution is -0.386. The zero-order chi connectivity index (χ0) is 21.4. The van der Waals surface area contributed by atoms with Crippen molar-refractivity contribution < 1.29 is 18.9 Å². The van der Waals surface area contributed by atoms with Gasteiger partial charge in [0.1, 0.15) is 30.1 Å². The normalized spacial score (nSPS) is 11.1. The van der Waals surface area contributed by atoms with Crippen molar-refractivity contribution in [3.63, 3.8) is 0 Å². The second-order valence-electron chi connectivity index (χ2n) is 6.85. The van der Waals surface area contributed by atoms with Gasteiger partial charge in [-0.3, -0.25) is 19.6 Å². The molecular formula is C21H17N3O6. The lowest BCUT2D eigenvalue weighted by atomic mass is 10.0. The molecule has 0 unspecified atom stereocenters. The molecule has 4 rings (SSSR count). The van der Waals surface area contributed by atoms with Gasteiger partial charge in [-0.15, -0.1) is 0 Å². The van der Waals surface area contributed by atoms with Crippen LogP contribution in [-0.2, 0) is 22.7 Å². The van der Waals surface area contributed by atoms with Crippen molar-refractivity contribution in [1.82, 2.24) is 9.78 Å². The summed E-state index contributed by atoms with van der Waals surface area (Å²) in [6.45, 7) is 2.61. The molecule has 9 nitrogen and oxygen atoms in total. The number of hydrogen-bond acceptors (Lipinski definition) is 7. The molecule has 0 radical (unpaired) electrons. The number of nitro groups is 1. The molecule has 2 aromatic heterocycles. The molecular weight excluding hydrogens is 390 g/mol. The number of ether oxygens (including phenoxy) is 1. The van der Waals surface area contributed by atoms with E-state index in [4.69, 9.17) is 9.15 Å². The first kappa shape index (κ1) is 19.3. The van der Waals surface area contributed by atoms with Crippen LogP contribution in [0.3, 0.4) is 0 Å². The van der Waals surface area contributed by atoms with Gasteiger partial charge in [0.25, 0.3) is 0 Å². The Bertz CT molecular complexity index is 1370. The average molecular weight is 407 g/mol. The number of rotatable bonds is 5. The molecule has 2 heterocycles. The quantitative estimate of drug-likeness (QED) is 0.164. The Kier molecular flexibility index (Phi) is 4.78. The predicted octanol–water partition coefficient (Wildman–Crippen LogP) is 3.41. The lowest BCUT2D eigenvalue weighted by Crippen LogP contribution is -2.16. The Morgan fingerprint density at radius 3 is 2.73 bits per heavy atom. The van der Waals surface area contributed by atoms with Crippen molar-refractivity contribution >= 4 is 33.4 Å². The third-order valence-electron chi connectivity index (χ3n) is 4.91. The molecule has 0 aliphatic carbocycles. The van der Waals surface area contributed by atoms with Crippen molar-refractivity contribution in [2.45, 2.75) is 27.0 Å². The van der Waals surface area contributed by atoms with E-state index in [1.54, 1.807) is 6.07 Å². The molecule has 0 N–H and O–H groups in total. The number of esters is 1. The van der Waals surface area contributed by atoms with Crippen LogP contribution in [0.1, 0.15) is 17.0 Å². The summed E-state index contributed by atoms with van der Waals surface area (Å²) in [6, 6.07) is 12.5. The maximum atomic E-state index is 12.4. The fourth-order valence-corrected chi connectivity index (χ4v) is 3.57. The van der Waals surface area contributed by atoms with Gasteiger partial charge in [0.05, 0.1) is 4.92 Å². The fraction of sp³-hybridized carbons (Fsp3) is 0.190. The van der Waals surface area contributed by atoms with Crippen LogP contribution in [0, 0.1) is 24.0 Å². The number of nitrogens with zero attached hydrogens (tertiary/aromatic N) is 3. The first-order chi connectivity index (χ1) is 14.3. The fourth-order valence-electron chi connectivity index (χ4n) is 3.57. The summed E-state index contributed by atoms with van der Waals surface area (Å²) in [7, 11) is 0. The second kappa shape index (κ2) is 7.43. The third kappa shape index (κ3) is 3.41. The molecule has 0 aliphatic heterocycles. The minimum atomic E-state index is -0.628. The van der Waals surface area contributed by atoms with Crippen LogP contribution >= 0.6 is 0 Å². The number of fused-ring (bicyclic) bond motifs is 3. The molecule has 0 fully saturated rings. The van der Waals surface area contributed by atoms with E-state index in [9.17, 15) is 19.7 Å². The van der Waals surface area contributed by atoms with E-state index >= 15 is 0 Å². The highest BCUT2D eigenvalue weighted by molar-refractivity contribution is 6.07. The molecule has 0 bridgehead atoms. The zero-order valence-corrected chi connectivity index (χ0v) is 16.2. The summed E-state index contributed by atoms with van der Waals surface area (Å²) in [5.41, 5.74) is 0.751. The Morgan fingerprint density at radius 2 is 2.00 bits per heavy atom. The largest absolute Gasteiger partial charge is 0.459 e. The van der Waals surface area contributed by atoms with Crippen molar-refractivity contribution in [2.24, 2.45) is 0 Å². The van der Waals surface area contributed by atoms with Gasteiger partial charge < -0.3 is 9.15 Å². The summed E-state index contributed by atoms with van der Waals surface area (Å²) < 4.78 is 11.9. The molecule has 4 aromatic rings. The average Bonchev–Trinajstić information content (AvgIpc) is 2.98. The smallest absolute Gasteiger partial charge is 0.336 e. The minimum absolute atomic E-state index is 0.124. The van der Waals surface area contributed by atoms with Crippen molar-refractivity contribution in [3.8, 4) is 0 Å². The molecule has 2 aromatic carbocycles. The molecule has 0 spiro atoms. The van der Waals surface area contributed by atoms with E-state index in [0.717, 1.165) is 10.8 Å². The number of aromatic nitrogens is 2. The highest BCUT2D eigenvalue weighted by Gasteiger charge is 2.23. The van der Waals surface area contributed by atoms with Gasteiger partial charge in [-0.05, 0) is 30.7 Å². The maximum Gasteiger partial charge on any atom is 0.336 e. The molecule has 0 aliphatic rings. The summed E-state index contributed by atoms with van der Waals surface area (Å²) in [5, 5.41) is 17.7. The highest BCUT2D eigenvalue weighted by Crippen LogP contribution is 2.28. The monoisotopic (exact) mass is 407 g/mol. The number of hydrogen-bond donors (Lipinski definition) is 0. The minimum Gasteiger partial charge on any atom is -0.459 e. The lowest BCUT2D eigenvalue weighted by Gasteiger charge is -2.10. The summed E-state index contributed by atoms with van der Waals surface area (Å²) in [5.74, 6) is -0.628. The molecule has 0 atom stereocenters. The van der Waals surface area contributed by atoms with E-state index < -0.39 is 16.5 Å². The molecule has 0 saturated carbocycles. The van der Waals surface area contributed by atoms with Gasteiger partial charge in [-0.25, -0.2) is 4.79 Å². The van der Waals surface area contributed by atoms with Gasteiger partial charge in [0.15, 0.2) is 0 Å². The molecule has 0 amide bonds. The van der Waals surface area contributed by atoms with Crippen molar-refractivity contribution in [2.75, 3.05) is 0 Å². The second-order valence-corrected chi connectivity index (χ2v) is 6.85. The molecule has 0 saturated heterocycles. The van der Waals surface area contributed by atoms with Crippen LogP contribution in [0.2, 0.25) is 0 Å². The van der Waals surface area contributed by atoms with Crippen LogP contribution in [0.4, 0.5) is 5.69 Å². The molecule has 152 valence electrons. The summed E-state index contributed by atoms with van der Waals surface area (Å²) >= 11 is 0. The third-order valence-corrected chi connectivity index (χ3v) is 4.91.